The first-order valence-electron chi connectivity index (χ1n) is 4.97. The zero-order valence-corrected chi connectivity index (χ0v) is 10.3. The molecule has 1 aromatic heterocycles. The number of carbonyl (C=O) groups excluding carboxylic acids is 1. The standard InChI is InChI=1S/C10H15BrN2O2/c1-2-4-12-5-6-13-10(14)9-8(11)3-7-15-9/h3,7,12H,2,4-6H2,1H3,(H,13,14). The third kappa shape index (κ3) is 4.05. The summed E-state index contributed by atoms with van der Waals surface area (Å²) in [4.78, 5) is 11.5. The molecule has 0 bridgehead atoms. The van der Waals surface area contributed by atoms with Gasteiger partial charge in [0.05, 0.1) is 10.7 Å². The van der Waals surface area contributed by atoms with Gasteiger partial charge in [-0.3, -0.25) is 4.79 Å². The predicted molar refractivity (Wildman–Crippen MR) is 61.9 cm³/mol. The molecule has 0 fully saturated rings. The Hall–Kier alpha value is -0.810. The highest BCUT2D eigenvalue weighted by Crippen LogP contribution is 2.16. The van der Waals surface area contributed by atoms with Crippen LogP contribution in [0.3, 0.4) is 0 Å². The number of furan rings is 1. The van der Waals surface area contributed by atoms with Gasteiger partial charge < -0.3 is 15.1 Å². The van der Waals surface area contributed by atoms with Crippen LogP contribution in [0.1, 0.15) is 23.9 Å². The summed E-state index contributed by atoms with van der Waals surface area (Å²) in [6, 6.07) is 1.70. The van der Waals surface area contributed by atoms with Crippen molar-refractivity contribution in [3.05, 3.63) is 22.6 Å². The first-order chi connectivity index (χ1) is 7.25. The fourth-order valence-electron chi connectivity index (χ4n) is 1.10. The molecule has 15 heavy (non-hydrogen) atoms. The van der Waals surface area contributed by atoms with E-state index in [1.165, 1.54) is 6.26 Å². The van der Waals surface area contributed by atoms with E-state index in [0.717, 1.165) is 19.5 Å². The molecule has 0 saturated carbocycles. The fourth-order valence-corrected chi connectivity index (χ4v) is 1.48. The molecular formula is C10H15BrN2O2. The first kappa shape index (κ1) is 12.3. The normalized spacial score (nSPS) is 10.3. The molecule has 0 aliphatic carbocycles. The van der Waals surface area contributed by atoms with E-state index in [1.54, 1.807) is 6.07 Å². The van der Waals surface area contributed by atoms with Gasteiger partial charge in [-0.2, -0.15) is 0 Å². The van der Waals surface area contributed by atoms with Crippen molar-refractivity contribution in [3.8, 4) is 0 Å². The molecule has 0 atom stereocenters. The quantitative estimate of drug-likeness (QED) is 0.778. The molecule has 0 aliphatic rings. The van der Waals surface area contributed by atoms with Crippen LogP contribution in [0, 0.1) is 0 Å². The second-order valence-corrected chi connectivity index (χ2v) is 3.96. The maximum atomic E-state index is 11.5. The molecule has 1 amide bonds. The number of nitrogens with one attached hydrogen (secondary N) is 2. The zero-order valence-electron chi connectivity index (χ0n) is 8.68. The molecule has 5 heteroatoms. The first-order valence-corrected chi connectivity index (χ1v) is 5.77. The summed E-state index contributed by atoms with van der Waals surface area (Å²) in [7, 11) is 0. The van der Waals surface area contributed by atoms with Crippen molar-refractivity contribution >= 4 is 21.8 Å². The van der Waals surface area contributed by atoms with Gasteiger partial charge in [0.2, 0.25) is 5.76 Å². The van der Waals surface area contributed by atoms with Crippen molar-refractivity contribution in [2.75, 3.05) is 19.6 Å². The Labute approximate surface area is 97.5 Å². The molecule has 1 rings (SSSR count). The Bertz CT molecular complexity index is 312. The predicted octanol–water partition coefficient (Wildman–Crippen LogP) is 1.77. The van der Waals surface area contributed by atoms with Crippen LogP contribution in [0.2, 0.25) is 0 Å². The lowest BCUT2D eigenvalue weighted by Gasteiger charge is -2.04. The van der Waals surface area contributed by atoms with Crippen LogP contribution in [0.4, 0.5) is 0 Å². The minimum atomic E-state index is -0.190. The van der Waals surface area contributed by atoms with E-state index >= 15 is 0 Å². The van der Waals surface area contributed by atoms with Crippen LogP contribution in [-0.4, -0.2) is 25.5 Å². The van der Waals surface area contributed by atoms with Gasteiger partial charge in [-0.05, 0) is 35.0 Å². The van der Waals surface area contributed by atoms with Crippen molar-refractivity contribution in [1.82, 2.24) is 10.6 Å². The van der Waals surface area contributed by atoms with Crippen LogP contribution in [0.25, 0.3) is 0 Å². The molecule has 0 saturated heterocycles. The number of halogens is 1. The molecule has 4 nitrogen and oxygen atoms in total. The van der Waals surface area contributed by atoms with Crippen LogP contribution < -0.4 is 10.6 Å². The van der Waals surface area contributed by atoms with E-state index in [1.807, 2.05) is 0 Å². The second kappa shape index (κ2) is 6.63. The Morgan fingerprint density at radius 3 is 2.87 bits per heavy atom. The third-order valence-corrected chi connectivity index (χ3v) is 2.46. The van der Waals surface area contributed by atoms with Gasteiger partial charge in [0.1, 0.15) is 0 Å². The molecule has 0 spiro atoms. The van der Waals surface area contributed by atoms with E-state index in [0.29, 0.717) is 16.8 Å². The third-order valence-electron chi connectivity index (χ3n) is 1.84. The van der Waals surface area contributed by atoms with Crippen LogP contribution >= 0.6 is 15.9 Å². The summed E-state index contributed by atoms with van der Waals surface area (Å²) in [5.74, 6) is 0.135. The summed E-state index contributed by atoms with van der Waals surface area (Å²) >= 11 is 3.23. The lowest BCUT2D eigenvalue weighted by atomic mass is 10.4. The molecule has 2 N–H and O–H groups in total. The largest absolute Gasteiger partial charge is 0.458 e. The lowest BCUT2D eigenvalue weighted by molar-refractivity contribution is 0.0925. The summed E-state index contributed by atoms with van der Waals surface area (Å²) < 4.78 is 5.71. The van der Waals surface area contributed by atoms with Gasteiger partial charge in [-0.15, -0.1) is 0 Å². The molecule has 0 aromatic carbocycles. The SMILES string of the molecule is CCCNCCNC(=O)c1occc1Br. The second-order valence-electron chi connectivity index (χ2n) is 3.10. The smallest absolute Gasteiger partial charge is 0.288 e. The van der Waals surface area contributed by atoms with Crippen molar-refractivity contribution in [2.24, 2.45) is 0 Å². The number of hydrogen-bond acceptors (Lipinski definition) is 3. The Balaban J connectivity index is 2.22. The topological polar surface area (TPSA) is 54.3 Å². The maximum absolute atomic E-state index is 11.5. The Morgan fingerprint density at radius 2 is 2.27 bits per heavy atom. The Morgan fingerprint density at radius 1 is 1.47 bits per heavy atom. The lowest BCUT2D eigenvalue weighted by Crippen LogP contribution is -2.32. The summed E-state index contributed by atoms with van der Waals surface area (Å²) in [5.41, 5.74) is 0. The highest BCUT2D eigenvalue weighted by Gasteiger charge is 2.12. The van der Waals surface area contributed by atoms with E-state index in [2.05, 4.69) is 33.5 Å². The van der Waals surface area contributed by atoms with Gasteiger partial charge in [0.25, 0.3) is 5.91 Å². The van der Waals surface area contributed by atoms with Gasteiger partial charge in [-0.25, -0.2) is 0 Å². The minimum absolute atomic E-state index is 0.190. The maximum Gasteiger partial charge on any atom is 0.288 e. The molecule has 0 unspecified atom stereocenters. The van der Waals surface area contributed by atoms with E-state index in [-0.39, 0.29) is 5.91 Å². The van der Waals surface area contributed by atoms with Crippen molar-refractivity contribution in [3.63, 3.8) is 0 Å². The number of carbonyl (C=O) groups is 1. The molecule has 0 radical (unpaired) electrons. The molecular weight excluding hydrogens is 260 g/mol. The molecule has 1 aromatic rings. The molecule has 84 valence electrons. The fraction of sp³-hybridized carbons (Fsp3) is 0.500. The summed E-state index contributed by atoms with van der Waals surface area (Å²) in [6.07, 6.45) is 2.58. The summed E-state index contributed by atoms with van der Waals surface area (Å²) in [5, 5.41) is 5.95. The molecule has 1 heterocycles. The molecule has 0 aliphatic heterocycles. The van der Waals surface area contributed by atoms with Gasteiger partial charge in [-0.1, -0.05) is 6.92 Å². The number of amides is 1. The zero-order chi connectivity index (χ0) is 11.1. The van der Waals surface area contributed by atoms with Crippen molar-refractivity contribution in [1.29, 1.82) is 0 Å². The number of rotatable bonds is 6. The van der Waals surface area contributed by atoms with E-state index in [9.17, 15) is 4.79 Å². The average molecular weight is 275 g/mol. The van der Waals surface area contributed by atoms with Crippen LogP contribution in [-0.2, 0) is 0 Å². The Kier molecular flexibility index (Phi) is 5.42. The van der Waals surface area contributed by atoms with Crippen molar-refractivity contribution in [2.45, 2.75) is 13.3 Å². The minimum Gasteiger partial charge on any atom is -0.458 e. The van der Waals surface area contributed by atoms with E-state index < -0.39 is 0 Å². The van der Waals surface area contributed by atoms with Crippen LogP contribution in [0.15, 0.2) is 21.2 Å². The van der Waals surface area contributed by atoms with E-state index in [4.69, 9.17) is 4.42 Å². The van der Waals surface area contributed by atoms with Crippen molar-refractivity contribution < 1.29 is 9.21 Å². The highest BCUT2D eigenvalue weighted by molar-refractivity contribution is 9.10. The summed E-state index contributed by atoms with van der Waals surface area (Å²) in [6.45, 7) is 4.45. The monoisotopic (exact) mass is 274 g/mol. The van der Waals surface area contributed by atoms with Gasteiger partial charge in [0.15, 0.2) is 0 Å². The van der Waals surface area contributed by atoms with Crippen LogP contribution in [0.5, 0.6) is 0 Å². The average Bonchev–Trinajstić information content (AvgIpc) is 2.64. The highest BCUT2D eigenvalue weighted by atomic mass is 79.9. The van der Waals surface area contributed by atoms with Gasteiger partial charge >= 0.3 is 0 Å². The number of hydrogen-bond donors (Lipinski definition) is 2. The van der Waals surface area contributed by atoms with Gasteiger partial charge in [0, 0.05) is 13.1 Å².